The molecule has 1 aliphatic heterocycles. The summed E-state index contributed by atoms with van der Waals surface area (Å²) in [5.41, 5.74) is 1.07. The van der Waals surface area contributed by atoms with Crippen molar-refractivity contribution in [3.8, 4) is 0 Å². The molecule has 3 rings (SSSR count). The lowest BCUT2D eigenvalue weighted by Crippen LogP contribution is -2.62. The number of anilines is 1. The standard InChI is InChI=1S/C27H36N2O3.C2H2O4/c1-3-5-8-17-25(30)29(24-15-11-7-12-16-24)27(26(31)32-4-2)18-20-28(21-19-27)22-23-13-9-6-10-14-23;3-1(4)2(5)6/h6-7,9-16H,3-5,8,17-22H2,1-2H3;(H,3,4)(H,5,6). The number of hydrogen-bond acceptors (Lipinski definition) is 6. The number of piperidine rings is 1. The maximum Gasteiger partial charge on any atom is 0.414 e. The number of unbranched alkanes of at least 4 members (excludes halogenated alkanes) is 2. The Balaban J connectivity index is 0.000000757. The Morgan fingerprint density at radius 2 is 1.42 bits per heavy atom. The average Bonchev–Trinajstić information content (AvgIpc) is 2.91. The van der Waals surface area contributed by atoms with E-state index < -0.39 is 17.5 Å². The van der Waals surface area contributed by atoms with Crippen LogP contribution in [0.4, 0.5) is 5.69 Å². The fourth-order valence-electron chi connectivity index (χ4n) is 4.55. The van der Waals surface area contributed by atoms with E-state index in [9.17, 15) is 9.59 Å². The van der Waals surface area contributed by atoms with Crippen molar-refractivity contribution in [3.05, 3.63) is 66.2 Å². The second-order valence-corrected chi connectivity index (χ2v) is 9.15. The summed E-state index contributed by atoms with van der Waals surface area (Å²) >= 11 is 0. The zero-order valence-corrected chi connectivity index (χ0v) is 22.2. The van der Waals surface area contributed by atoms with Gasteiger partial charge in [-0.3, -0.25) is 14.6 Å². The van der Waals surface area contributed by atoms with E-state index in [1.165, 1.54) is 5.56 Å². The van der Waals surface area contributed by atoms with Crippen LogP contribution in [0.15, 0.2) is 60.7 Å². The van der Waals surface area contributed by atoms with E-state index in [0.717, 1.165) is 44.6 Å². The Morgan fingerprint density at radius 3 is 1.92 bits per heavy atom. The van der Waals surface area contributed by atoms with Crippen LogP contribution in [0.1, 0.15) is 57.9 Å². The first-order valence-corrected chi connectivity index (χ1v) is 13.0. The third-order valence-electron chi connectivity index (χ3n) is 6.46. The van der Waals surface area contributed by atoms with Crippen molar-refractivity contribution in [2.45, 2.75) is 64.5 Å². The summed E-state index contributed by atoms with van der Waals surface area (Å²) in [5, 5.41) is 14.8. The number of rotatable bonds is 10. The maximum absolute atomic E-state index is 13.5. The van der Waals surface area contributed by atoms with Crippen LogP contribution in [0.5, 0.6) is 0 Å². The van der Waals surface area contributed by atoms with Crippen LogP contribution < -0.4 is 4.90 Å². The molecule has 9 nitrogen and oxygen atoms in total. The van der Waals surface area contributed by atoms with Gasteiger partial charge in [0.2, 0.25) is 5.91 Å². The minimum atomic E-state index is -1.82. The number of ether oxygens (including phenoxy) is 1. The molecule has 0 bridgehead atoms. The van der Waals surface area contributed by atoms with Gasteiger partial charge >= 0.3 is 17.9 Å². The van der Waals surface area contributed by atoms with Gasteiger partial charge in [-0.05, 0) is 43.9 Å². The number of esters is 1. The van der Waals surface area contributed by atoms with Crippen molar-refractivity contribution in [3.63, 3.8) is 0 Å². The molecule has 206 valence electrons. The molecule has 1 heterocycles. The van der Waals surface area contributed by atoms with E-state index in [1.807, 2.05) is 55.5 Å². The maximum atomic E-state index is 13.5. The number of amides is 1. The summed E-state index contributed by atoms with van der Waals surface area (Å²) in [6, 6.07) is 20.0. The van der Waals surface area contributed by atoms with Gasteiger partial charge in [0.15, 0.2) is 0 Å². The fraction of sp³-hybridized carbons (Fsp3) is 0.448. The number of aliphatic carboxylic acids is 2. The Hall–Kier alpha value is -3.72. The van der Waals surface area contributed by atoms with Crippen LogP contribution in [0.3, 0.4) is 0 Å². The zero-order chi connectivity index (χ0) is 28.0. The molecule has 1 amide bonds. The third-order valence-corrected chi connectivity index (χ3v) is 6.46. The quantitative estimate of drug-likeness (QED) is 0.266. The second-order valence-electron chi connectivity index (χ2n) is 9.15. The van der Waals surface area contributed by atoms with Crippen molar-refractivity contribution in [1.29, 1.82) is 0 Å². The van der Waals surface area contributed by atoms with Crippen LogP contribution in [0, 0.1) is 0 Å². The number of hydrogen-bond donors (Lipinski definition) is 2. The predicted molar refractivity (Wildman–Crippen MR) is 144 cm³/mol. The lowest BCUT2D eigenvalue weighted by molar-refractivity contribution is -0.159. The lowest BCUT2D eigenvalue weighted by atomic mass is 9.84. The molecule has 0 aliphatic carbocycles. The van der Waals surface area contributed by atoms with Crippen LogP contribution in [0.2, 0.25) is 0 Å². The summed E-state index contributed by atoms with van der Waals surface area (Å²) in [4.78, 5) is 49.2. The number of benzene rings is 2. The van der Waals surface area contributed by atoms with Crippen LogP contribution >= 0.6 is 0 Å². The van der Waals surface area contributed by atoms with Gasteiger partial charge in [0.05, 0.1) is 6.61 Å². The zero-order valence-electron chi connectivity index (χ0n) is 22.2. The molecule has 0 radical (unpaired) electrons. The highest BCUT2D eigenvalue weighted by atomic mass is 16.5. The highest BCUT2D eigenvalue weighted by Crippen LogP contribution is 2.36. The van der Waals surface area contributed by atoms with Crippen LogP contribution in [-0.2, 0) is 30.5 Å². The van der Waals surface area contributed by atoms with Crippen molar-refractivity contribution in [1.82, 2.24) is 4.90 Å². The Labute approximate surface area is 224 Å². The van der Waals surface area contributed by atoms with E-state index >= 15 is 0 Å². The highest BCUT2D eigenvalue weighted by molar-refractivity contribution is 6.27. The molecule has 38 heavy (non-hydrogen) atoms. The summed E-state index contributed by atoms with van der Waals surface area (Å²) in [5.74, 6) is -3.92. The van der Waals surface area contributed by atoms with Crippen molar-refractivity contribution in [2.24, 2.45) is 0 Å². The largest absolute Gasteiger partial charge is 0.473 e. The summed E-state index contributed by atoms with van der Waals surface area (Å²) in [6.45, 7) is 6.57. The fourth-order valence-corrected chi connectivity index (χ4v) is 4.55. The van der Waals surface area contributed by atoms with E-state index in [2.05, 4.69) is 24.0 Å². The SMILES string of the molecule is CCCCCC(=O)N(c1ccccc1)C1(C(=O)OCC)CCN(Cc2ccccc2)CC1.O=C(O)C(=O)O. The molecule has 0 saturated carbocycles. The number of carboxylic acid groups (broad SMARTS) is 2. The van der Waals surface area contributed by atoms with Crippen molar-refractivity contribution < 1.29 is 34.1 Å². The minimum Gasteiger partial charge on any atom is -0.473 e. The molecular weight excluding hydrogens is 488 g/mol. The lowest BCUT2D eigenvalue weighted by Gasteiger charge is -2.46. The van der Waals surface area contributed by atoms with E-state index in [4.69, 9.17) is 24.5 Å². The second kappa shape index (κ2) is 15.5. The molecule has 0 spiro atoms. The summed E-state index contributed by atoms with van der Waals surface area (Å²) in [7, 11) is 0. The van der Waals surface area contributed by atoms with E-state index in [-0.39, 0.29) is 11.9 Å². The van der Waals surface area contributed by atoms with Crippen molar-refractivity contribution in [2.75, 3.05) is 24.6 Å². The van der Waals surface area contributed by atoms with Gasteiger partial charge in [-0.1, -0.05) is 68.3 Å². The molecule has 1 fully saturated rings. The van der Waals surface area contributed by atoms with Crippen LogP contribution in [0.25, 0.3) is 0 Å². The molecule has 2 aromatic carbocycles. The van der Waals surface area contributed by atoms with Gasteiger partial charge < -0.3 is 14.9 Å². The monoisotopic (exact) mass is 526 g/mol. The number of carbonyl (C=O) groups is 4. The molecule has 0 atom stereocenters. The molecule has 2 aromatic rings. The first-order valence-electron chi connectivity index (χ1n) is 13.0. The Kier molecular flexibility index (Phi) is 12.5. The smallest absolute Gasteiger partial charge is 0.414 e. The third kappa shape index (κ3) is 8.69. The topological polar surface area (TPSA) is 124 Å². The normalized spacial score (nSPS) is 14.5. The molecule has 9 heteroatoms. The van der Waals surface area contributed by atoms with Gasteiger partial charge in [-0.2, -0.15) is 0 Å². The highest BCUT2D eigenvalue weighted by Gasteiger charge is 2.50. The Bertz CT molecular complexity index is 1020. The van der Waals surface area contributed by atoms with E-state index in [0.29, 0.717) is 25.9 Å². The van der Waals surface area contributed by atoms with Gasteiger partial charge in [0.25, 0.3) is 0 Å². The number of carboxylic acids is 2. The number of likely N-dealkylation sites (tertiary alicyclic amines) is 1. The van der Waals surface area contributed by atoms with Gasteiger partial charge in [0.1, 0.15) is 5.54 Å². The summed E-state index contributed by atoms with van der Waals surface area (Å²) < 4.78 is 5.57. The van der Waals surface area contributed by atoms with Gasteiger partial charge in [-0.25, -0.2) is 14.4 Å². The predicted octanol–water partition coefficient (Wildman–Crippen LogP) is 4.35. The molecule has 0 unspecified atom stereocenters. The molecule has 0 aromatic heterocycles. The number of para-hydroxylation sites is 1. The summed E-state index contributed by atoms with van der Waals surface area (Å²) in [6.07, 6.45) is 4.46. The van der Waals surface area contributed by atoms with Crippen molar-refractivity contribution >= 4 is 29.5 Å². The number of nitrogens with zero attached hydrogens (tertiary/aromatic N) is 2. The molecular formula is C29H38N2O7. The minimum absolute atomic E-state index is 0.00853. The van der Waals surface area contributed by atoms with E-state index in [1.54, 1.807) is 4.90 Å². The van der Waals surface area contributed by atoms with Crippen LogP contribution in [-0.4, -0.2) is 64.2 Å². The first kappa shape index (κ1) is 30.5. The molecule has 1 aliphatic rings. The molecule has 2 N–H and O–H groups in total. The Morgan fingerprint density at radius 1 is 0.868 bits per heavy atom. The number of carbonyl (C=O) groups excluding carboxylic acids is 2. The molecule has 1 saturated heterocycles. The first-order chi connectivity index (χ1) is 18.2. The van der Waals surface area contributed by atoms with Gasteiger partial charge in [-0.15, -0.1) is 0 Å². The average molecular weight is 527 g/mol. The van der Waals surface area contributed by atoms with Gasteiger partial charge in [0, 0.05) is 31.7 Å².